The Morgan fingerprint density at radius 1 is 1.19 bits per heavy atom. The first-order valence-electron chi connectivity index (χ1n) is 5.07. The van der Waals surface area contributed by atoms with Gasteiger partial charge < -0.3 is 15.0 Å². The van der Waals surface area contributed by atoms with Crippen LogP contribution in [0.5, 0.6) is 5.75 Å². The van der Waals surface area contributed by atoms with Crippen molar-refractivity contribution in [2.24, 2.45) is 0 Å². The van der Waals surface area contributed by atoms with E-state index in [0.717, 1.165) is 5.56 Å². The van der Waals surface area contributed by atoms with Crippen LogP contribution in [0.15, 0.2) is 24.3 Å². The van der Waals surface area contributed by atoms with Gasteiger partial charge in [0, 0.05) is 18.8 Å². The maximum Gasteiger partial charge on any atom is 0.138 e. The molecule has 86 valence electrons. The third-order valence-corrected chi connectivity index (χ3v) is 2.20. The van der Waals surface area contributed by atoms with Crippen molar-refractivity contribution in [1.29, 1.82) is 0 Å². The summed E-state index contributed by atoms with van der Waals surface area (Å²) in [6, 6.07) is 6.72. The van der Waals surface area contributed by atoms with Crippen LogP contribution in [0.3, 0.4) is 0 Å². The van der Waals surface area contributed by atoms with Crippen LogP contribution < -0.4 is 5.11 Å². The third kappa shape index (κ3) is 4.59. The lowest BCUT2D eigenvalue weighted by Gasteiger charge is -2.02. The van der Waals surface area contributed by atoms with E-state index in [9.17, 15) is 14.7 Å². The number of aryl methyl sites for hydroxylation is 1. The number of hydrogen-bond donors (Lipinski definition) is 1. The van der Waals surface area contributed by atoms with Gasteiger partial charge in [-0.25, -0.2) is 0 Å². The number of aliphatic carboxylic acids is 1. The van der Waals surface area contributed by atoms with E-state index >= 15 is 0 Å². The first-order valence-corrected chi connectivity index (χ1v) is 5.07. The average Bonchev–Trinajstić information content (AvgIpc) is 2.20. The number of carboxylic acid groups (broad SMARTS) is 1. The Balaban J connectivity index is 2.28. The van der Waals surface area contributed by atoms with Crippen LogP contribution >= 0.6 is 0 Å². The molecular formula is C12H13O4-. The molecule has 16 heavy (non-hydrogen) atoms. The molecule has 0 radical (unpaired) electrons. The van der Waals surface area contributed by atoms with E-state index in [1.807, 2.05) is 0 Å². The van der Waals surface area contributed by atoms with E-state index in [-0.39, 0.29) is 18.0 Å². The van der Waals surface area contributed by atoms with E-state index in [1.54, 1.807) is 24.3 Å². The summed E-state index contributed by atoms with van der Waals surface area (Å²) in [4.78, 5) is 21.2. The fourth-order valence-electron chi connectivity index (χ4n) is 1.40. The van der Waals surface area contributed by atoms with E-state index in [1.165, 1.54) is 0 Å². The molecule has 0 bridgehead atoms. The maximum atomic E-state index is 11.0. The summed E-state index contributed by atoms with van der Waals surface area (Å²) in [6.07, 6.45) is 1.04. The van der Waals surface area contributed by atoms with Gasteiger partial charge in [0.15, 0.2) is 0 Å². The van der Waals surface area contributed by atoms with Gasteiger partial charge in [-0.3, -0.25) is 4.79 Å². The number of ketones is 1. The second-order valence-corrected chi connectivity index (χ2v) is 3.61. The SMILES string of the molecule is O=C([O-])CC(=O)CCCc1ccc(O)cc1. The van der Waals surface area contributed by atoms with Crippen molar-refractivity contribution in [3.05, 3.63) is 29.8 Å². The van der Waals surface area contributed by atoms with Gasteiger partial charge in [0.1, 0.15) is 11.5 Å². The zero-order chi connectivity index (χ0) is 12.0. The van der Waals surface area contributed by atoms with E-state index in [0.29, 0.717) is 12.8 Å². The Morgan fingerprint density at radius 2 is 1.81 bits per heavy atom. The molecule has 1 aromatic carbocycles. The predicted octanol–water partition coefficient (Wildman–Crippen LogP) is 0.424. The molecule has 0 spiro atoms. The van der Waals surface area contributed by atoms with Crippen LogP contribution in [0.25, 0.3) is 0 Å². The minimum Gasteiger partial charge on any atom is -0.550 e. The van der Waals surface area contributed by atoms with Gasteiger partial charge in [-0.2, -0.15) is 0 Å². The molecule has 0 saturated heterocycles. The molecule has 1 N–H and O–H groups in total. The second kappa shape index (κ2) is 5.90. The summed E-state index contributed by atoms with van der Waals surface area (Å²) in [7, 11) is 0. The largest absolute Gasteiger partial charge is 0.550 e. The monoisotopic (exact) mass is 221 g/mol. The number of rotatable bonds is 6. The molecule has 0 saturated carbocycles. The lowest BCUT2D eigenvalue weighted by molar-refractivity contribution is -0.304. The van der Waals surface area contributed by atoms with Crippen LogP contribution in [-0.4, -0.2) is 16.9 Å². The highest BCUT2D eigenvalue weighted by molar-refractivity contribution is 5.93. The number of carbonyl (C=O) groups is 2. The quantitative estimate of drug-likeness (QED) is 0.706. The highest BCUT2D eigenvalue weighted by Gasteiger charge is 2.02. The summed E-state index contributed by atoms with van der Waals surface area (Å²) >= 11 is 0. The van der Waals surface area contributed by atoms with Gasteiger partial charge >= 0.3 is 0 Å². The summed E-state index contributed by atoms with van der Waals surface area (Å²) in [5.74, 6) is -1.43. The van der Waals surface area contributed by atoms with Crippen LogP contribution in [0.1, 0.15) is 24.8 Å². The molecular weight excluding hydrogens is 208 g/mol. The molecule has 0 aliphatic rings. The first-order chi connectivity index (χ1) is 7.58. The Labute approximate surface area is 93.5 Å². The molecule has 0 amide bonds. The number of phenolic OH excluding ortho intramolecular Hbond substituents is 1. The van der Waals surface area contributed by atoms with Crippen LogP contribution in [-0.2, 0) is 16.0 Å². The molecule has 0 heterocycles. The molecule has 1 aromatic rings. The topological polar surface area (TPSA) is 77.4 Å². The number of hydrogen-bond acceptors (Lipinski definition) is 4. The Morgan fingerprint density at radius 3 is 2.38 bits per heavy atom. The van der Waals surface area contributed by atoms with Gasteiger partial charge in [0.05, 0.1) is 0 Å². The van der Waals surface area contributed by atoms with Gasteiger partial charge in [0.2, 0.25) is 0 Å². The average molecular weight is 221 g/mol. The Hall–Kier alpha value is -1.84. The van der Waals surface area contributed by atoms with Crippen molar-refractivity contribution in [3.8, 4) is 5.75 Å². The molecule has 4 nitrogen and oxygen atoms in total. The van der Waals surface area contributed by atoms with Gasteiger partial charge in [-0.1, -0.05) is 12.1 Å². The first kappa shape index (κ1) is 12.2. The lowest BCUT2D eigenvalue weighted by atomic mass is 10.1. The number of Topliss-reactive ketones (excluding diaryl/α,β-unsaturated/α-hetero) is 1. The van der Waals surface area contributed by atoms with Crippen molar-refractivity contribution in [1.82, 2.24) is 0 Å². The maximum absolute atomic E-state index is 11.0. The number of benzene rings is 1. The molecule has 4 heteroatoms. The second-order valence-electron chi connectivity index (χ2n) is 3.61. The third-order valence-electron chi connectivity index (χ3n) is 2.20. The number of carboxylic acids is 1. The van der Waals surface area contributed by atoms with Gasteiger partial charge in [-0.15, -0.1) is 0 Å². The summed E-state index contributed by atoms with van der Waals surface area (Å²) in [5, 5.41) is 19.2. The fraction of sp³-hybridized carbons (Fsp3) is 0.333. The smallest absolute Gasteiger partial charge is 0.138 e. The fourth-order valence-corrected chi connectivity index (χ4v) is 1.40. The highest BCUT2D eigenvalue weighted by atomic mass is 16.4. The molecule has 0 aliphatic carbocycles. The number of carbonyl (C=O) groups excluding carboxylic acids is 2. The minimum atomic E-state index is -1.32. The zero-order valence-electron chi connectivity index (χ0n) is 8.81. The number of aromatic hydroxyl groups is 1. The number of phenols is 1. The van der Waals surface area contributed by atoms with E-state index < -0.39 is 12.4 Å². The summed E-state index contributed by atoms with van der Waals surface area (Å²) in [6.45, 7) is 0. The summed E-state index contributed by atoms with van der Waals surface area (Å²) < 4.78 is 0. The Bertz CT molecular complexity index is 367. The standard InChI is InChI=1S/C12H14O4/c13-10-6-4-9(5-7-10)2-1-3-11(14)8-12(15)16/h4-7,13H,1-3,8H2,(H,15,16)/p-1. The van der Waals surface area contributed by atoms with Crippen LogP contribution in [0.4, 0.5) is 0 Å². The zero-order valence-corrected chi connectivity index (χ0v) is 8.81. The van der Waals surface area contributed by atoms with Crippen molar-refractivity contribution in [3.63, 3.8) is 0 Å². The van der Waals surface area contributed by atoms with Crippen LogP contribution in [0.2, 0.25) is 0 Å². The lowest BCUT2D eigenvalue weighted by Crippen LogP contribution is -2.25. The molecule has 0 atom stereocenters. The molecule has 1 rings (SSSR count). The summed E-state index contributed by atoms with van der Waals surface area (Å²) in [5.41, 5.74) is 1.01. The van der Waals surface area contributed by atoms with Gasteiger partial charge in [-0.05, 0) is 30.5 Å². The normalized spacial score (nSPS) is 10.0. The van der Waals surface area contributed by atoms with E-state index in [4.69, 9.17) is 5.11 Å². The van der Waals surface area contributed by atoms with Crippen molar-refractivity contribution in [2.75, 3.05) is 0 Å². The minimum absolute atomic E-state index is 0.205. The molecule has 0 fully saturated rings. The van der Waals surface area contributed by atoms with Crippen molar-refractivity contribution >= 4 is 11.8 Å². The van der Waals surface area contributed by atoms with Crippen molar-refractivity contribution < 1.29 is 19.8 Å². The molecule has 0 aromatic heterocycles. The Kier molecular flexibility index (Phi) is 4.51. The van der Waals surface area contributed by atoms with E-state index in [2.05, 4.69) is 0 Å². The molecule has 0 aliphatic heterocycles. The van der Waals surface area contributed by atoms with Gasteiger partial charge in [0.25, 0.3) is 0 Å². The van der Waals surface area contributed by atoms with Crippen molar-refractivity contribution in [2.45, 2.75) is 25.7 Å². The molecule has 0 unspecified atom stereocenters. The predicted molar refractivity (Wildman–Crippen MR) is 55.7 cm³/mol. The highest BCUT2D eigenvalue weighted by Crippen LogP contribution is 2.12. The van der Waals surface area contributed by atoms with Crippen LogP contribution in [0, 0.1) is 0 Å².